The molecular formula is C25H27N7O2. The molecule has 0 unspecified atom stereocenters. The minimum absolute atomic E-state index is 0.299. The zero-order valence-corrected chi connectivity index (χ0v) is 19.1. The lowest BCUT2D eigenvalue weighted by Crippen LogP contribution is -2.25. The Morgan fingerprint density at radius 2 is 1.82 bits per heavy atom. The minimum atomic E-state index is -0.396. The van der Waals surface area contributed by atoms with Crippen LogP contribution in [0.15, 0.2) is 67.1 Å². The normalized spacial score (nSPS) is 11.4. The summed E-state index contributed by atoms with van der Waals surface area (Å²) in [7, 11) is 3.96. The van der Waals surface area contributed by atoms with Crippen molar-refractivity contribution in [2.24, 2.45) is 0 Å². The molecule has 4 rings (SSSR count). The molecule has 0 atom stereocenters. The quantitative estimate of drug-likeness (QED) is 0.226. The maximum atomic E-state index is 12.3. The molecule has 2 heterocycles. The monoisotopic (exact) mass is 457 g/mol. The molecule has 0 aliphatic carbocycles. The van der Waals surface area contributed by atoms with Gasteiger partial charge in [-0.25, -0.2) is 9.97 Å². The summed E-state index contributed by atoms with van der Waals surface area (Å²) in [5, 5.41) is 10.7. The van der Waals surface area contributed by atoms with Gasteiger partial charge in [0, 0.05) is 52.6 Å². The Bertz CT molecular complexity index is 1340. The van der Waals surface area contributed by atoms with Crippen LogP contribution in [0.4, 0.5) is 17.2 Å². The van der Waals surface area contributed by atoms with Crippen molar-refractivity contribution in [3.8, 4) is 0 Å². The van der Waals surface area contributed by atoms with Crippen LogP contribution in [0.5, 0.6) is 0 Å². The van der Waals surface area contributed by atoms with E-state index in [1.165, 1.54) is 18.5 Å². The predicted molar refractivity (Wildman–Crippen MR) is 135 cm³/mol. The van der Waals surface area contributed by atoms with Gasteiger partial charge in [0.1, 0.15) is 12.1 Å². The molecular weight excluding hydrogens is 430 g/mol. The zero-order chi connectivity index (χ0) is 23.9. The number of anilines is 3. The van der Waals surface area contributed by atoms with Crippen molar-refractivity contribution in [2.45, 2.75) is 6.42 Å². The lowest BCUT2D eigenvalue weighted by Gasteiger charge is -2.10. The topological polar surface area (TPSA) is 115 Å². The molecule has 174 valence electrons. The second-order valence-corrected chi connectivity index (χ2v) is 8.13. The Morgan fingerprint density at radius 1 is 1.00 bits per heavy atom. The maximum Gasteiger partial charge on any atom is 0.248 e. The number of carbonyl (C=O) groups is 2. The Morgan fingerprint density at radius 3 is 2.68 bits per heavy atom. The summed E-state index contributed by atoms with van der Waals surface area (Å²) in [5.41, 5.74) is 3.26. The van der Waals surface area contributed by atoms with Gasteiger partial charge >= 0.3 is 0 Å². The first-order valence-electron chi connectivity index (χ1n) is 11.0. The summed E-state index contributed by atoms with van der Waals surface area (Å²) in [6.07, 6.45) is 6.69. The number of fused-ring (bicyclic) bond motifs is 2. The molecule has 4 aromatic rings. The van der Waals surface area contributed by atoms with E-state index in [1.54, 1.807) is 12.1 Å². The minimum Gasteiger partial charge on any atom is -0.361 e. The molecule has 2 amide bonds. The first-order chi connectivity index (χ1) is 16.5. The Balaban J connectivity index is 1.42. The molecule has 0 aliphatic rings. The molecule has 0 saturated heterocycles. The fourth-order valence-corrected chi connectivity index (χ4v) is 3.50. The highest BCUT2D eigenvalue weighted by molar-refractivity contribution is 6.05. The van der Waals surface area contributed by atoms with Crippen LogP contribution >= 0.6 is 0 Å². The van der Waals surface area contributed by atoms with Gasteiger partial charge in [-0.3, -0.25) is 9.59 Å². The number of rotatable bonds is 9. The molecule has 9 heteroatoms. The molecule has 0 radical (unpaired) electrons. The molecule has 0 bridgehead atoms. The van der Waals surface area contributed by atoms with Gasteiger partial charge in [0.05, 0.1) is 5.52 Å². The van der Waals surface area contributed by atoms with Crippen LogP contribution in [0.3, 0.4) is 0 Å². The highest BCUT2D eigenvalue weighted by atomic mass is 16.2. The number of nitrogens with zero attached hydrogens (tertiary/aromatic N) is 3. The standard InChI is InChI=1S/C25H27N7O2/c1-32(2)13-3-11-27-23(33)8-9-24(34)30-19-5-7-22-20(15-19)25(29-16-28-22)31-18-4-6-21-17(14-18)10-12-26-21/h4-10,12,14-16,26H,3,11,13H2,1-2H3,(H,27,33)(H,30,34)(H,28,29,31)/b9-8+. The third kappa shape index (κ3) is 5.96. The van der Waals surface area contributed by atoms with Crippen molar-refractivity contribution in [3.63, 3.8) is 0 Å². The zero-order valence-electron chi connectivity index (χ0n) is 19.1. The van der Waals surface area contributed by atoms with Crippen molar-refractivity contribution in [1.82, 2.24) is 25.2 Å². The van der Waals surface area contributed by atoms with Crippen LogP contribution in [-0.2, 0) is 9.59 Å². The lowest BCUT2D eigenvalue weighted by molar-refractivity contribution is -0.117. The van der Waals surface area contributed by atoms with Gasteiger partial charge in [-0.2, -0.15) is 0 Å². The van der Waals surface area contributed by atoms with Gasteiger partial charge in [-0.05, 0) is 69.5 Å². The van der Waals surface area contributed by atoms with Crippen LogP contribution in [0.25, 0.3) is 21.8 Å². The van der Waals surface area contributed by atoms with E-state index in [2.05, 4.69) is 30.9 Å². The molecule has 2 aromatic carbocycles. The van der Waals surface area contributed by atoms with Gasteiger partial charge in [0.2, 0.25) is 11.8 Å². The number of amides is 2. The van der Waals surface area contributed by atoms with Crippen LogP contribution in [-0.4, -0.2) is 58.9 Å². The molecule has 0 aliphatic heterocycles. The molecule has 34 heavy (non-hydrogen) atoms. The van der Waals surface area contributed by atoms with Crippen molar-refractivity contribution in [2.75, 3.05) is 37.8 Å². The van der Waals surface area contributed by atoms with Gasteiger partial charge < -0.3 is 25.8 Å². The van der Waals surface area contributed by atoms with Gasteiger partial charge in [-0.1, -0.05) is 0 Å². The number of carbonyl (C=O) groups excluding carboxylic acids is 2. The lowest BCUT2D eigenvalue weighted by atomic mass is 10.2. The number of nitrogens with one attached hydrogen (secondary N) is 4. The molecule has 9 nitrogen and oxygen atoms in total. The Kier molecular flexibility index (Phi) is 7.14. The Hall–Kier alpha value is -4.24. The summed E-state index contributed by atoms with van der Waals surface area (Å²) in [5.74, 6) is -0.0672. The van der Waals surface area contributed by atoms with E-state index < -0.39 is 5.91 Å². The van der Waals surface area contributed by atoms with E-state index in [-0.39, 0.29) is 5.91 Å². The number of H-pyrrole nitrogens is 1. The fourth-order valence-electron chi connectivity index (χ4n) is 3.50. The summed E-state index contributed by atoms with van der Waals surface area (Å²) in [4.78, 5) is 38.1. The predicted octanol–water partition coefficient (Wildman–Crippen LogP) is 3.42. The third-order valence-corrected chi connectivity index (χ3v) is 5.19. The van der Waals surface area contributed by atoms with E-state index >= 15 is 0 Å². The third-order valence-electron chi connectivity index (χ3n) is 5.19. The first kappa shape index (κ1) is 22.9. The summed E-state index contributed by atoms with van der Waals surface area (Å²) in [6, 6.07) is 13.4. The SMILES string of the molecule is CN(C)CCCNC(=O)/C=C/C(=O)Nc1ccc2ncnc(Nc3ccc4[nH]ccc4c3)c2c1. The smallest absolute Gasteiger partial charge is 0.248 e. The van der Waals surface area contributed by atoms with Crippen LogP contribution in [0, 0.1) is 0 Å². The molecule has 4 N–H and O–H groups in total. The summed E-state index contributed by atoms with van der Waals surface area (Å²) >= 11 is 0. The average Bonchev–Trinajstić information content (AvgIpc) is 3.29. The van der Waals surface area contributed by atoms with Gasteiger partial charge in [0.25, 0.3) is 0 Å². The summed E-state index contributed by atoms with van der Waals surface area (Å²) < 4.78 is 0. The number of aromatic amines is 1. The van der Waals surface area contributed by atoms with Crippen LogP contribution < -0.4 is 16.0 Å². The van der Waals surface area contributed by atoms with E-state index in [0.29, 0.717) is 18.1 Å². The highest BCUT2D eigenvalue weighted by Gasteiger charge is 2.08. The second kappa shape index (κ2) is 10.6. The molecule has 0 saturated carbocycles. The van der Waals surface area contributed by atoms with Crippen molar-refractivity contribution in [1.29, 1.82) is 0 Å². The van der Waals surface area contributed by atoms with Gasteiger partial charge in [0.15, 0.2) is 0 Å². The number of benzene rings is 2. The van der Waals surface area contributed by atoms with Crippen molar-refractivity contribution in [3.05, 3.63) is 67.1 Å². The fraction of sp³-hybridized carbons (Fsp3) is 0.200. The highest BCUT2D eigenvalue weighted by Crippen LogP contribution is 2.27. The maximum absolute atomic E-state index is 12.3. The number of hydrogen-bond donors (Lipinski definition) is 4. The Labute approximate surface area is 197 Å². The van der Waals surface area contributed by atoms with E-state index in [0.717, 1.165) is 40.5 Å². The van der Waals surface area contributed by atoms with Crippen LogP contribution in [0.1, 0.15) is 6.42 Å². The second-order valence-electron chi connectivity index (χ2n) is 8.13. The first-order valence-corrected chi connectivity index (χ1v) is 11.0. The van der Waals surface area contributed by atoms with E-state index in [9.17, 15) is 9.59 Å². The molecule has 2 aromatic heterocycles. The number of aromatic nitrogens is 3. The van der Waals surface area contributed by atoms with Crippen molar-refractivity contribution < 1.29 is 9.59 Å². The summed E-state index contributed by atoms with van der Waals surface area (Å²) in [6.45, 7) is 1.44. The average molecular weight is 458 g/mol. The van der Waals surface area contributed by atoms with Crippen LogP contribution in [0.2, 0.25) is 0 Å². The largest absolute Gasteiger partial charge is 0.361 e. The van der Waals surface area contributed by atoms with E-state index in [4.69, 9.17) is 0 Å². The number of hydrogen-bond acceptors (Lipinski definition) is 6. The molecule has 0 fully saturated rings. The molecule has 0 spiro atoms. The van der Waals surface area contributed by atoms with E-state index in [1.807, 2.05) is 55.5 Å². The van der Waals surface area contributed by atoms with Gasteiger partial charge in [-0.15, -0.1) is 0 Å². The van der Waals surface area contributed by atoms with Crippen molar-refractivity contribution >= 4 is 50.8 Å².